The molecule has 21 heavy (non-hydrogen) atoms. The molecule has 0 saturated carbocycles. The highest BCUT2D eigenvalue weighted by Gasteiger charge is 2.29. The van der Waals surface area contributed by atoms with Crippen LogP contribution >= 0.6 is 0 Å². The Labute approximate surface area is 131 Å². The zero-order valence-electron chi connectivity index (χ0n) is 14.9. The highest BCUT2D eigenvalue weighted by molar-refractivity contribution is 4.88. The number of nitrogens with one attached hydrogen (secondary N) is 1. The van der Waals surface area contributed by atoms with Crippen molar-refractivity contribution in [1.29, 1.82) is 0 Å². The topological polar surface area (TPSA) is 38.7 Å². The highest BCUT2D eigenvalue weighted by atomic mass is 16.3. The molecule has 4 nitrogen and oxygen atoms in total. The molecule has 1 heterocycles. The molecule has 2 atom stereocenters. The van der Waals surface area contributed by atoms with Gasteiger partial charge in [-0.1, -0.05) is 20.8 Å². The fourth-order valence-electron chi connectivity index (χ4n) is 3.30. The molecule has 126 valence electrons. The summed E-state index contributed by atoms with van der Waals surface area (Å²) in [4.78, 5) is 5.16. The minimum absolute atomic E-state index is 0.148. The van der Waals surface area contributed by atoms with E-state index in [-0.39, 0.29) is 12.1 Å². The lowest BCUT2D eigenvalue weighted by atomic mass is 9.93. The van der Waals surface area contributed by atoms with Crippen molar-refractivity contribution >= 4 is 0 Å². The summed E-state index contributed by atoms with van der Waals surface area (Å²) in [6.45, 7) is 18.3. The van der Waals surface area contributed by atoms with Crippen LogP contribution in [0.3, 0.4) is 0 Å². The quantitative estimate of drug-likeness (QED) is 0.681. The summed E-state index contributed by atoms with van der Waals surface area (Å²) in [6.07, 6.45) is 2.12. The predicted molar refractivity (Wildman–Crippen MR) is 90.7 cm³/mol. The van der Waals surface area contributed by atoms with Gasteiger partial charge in [-0.15, -0.1) is 0 Å². The lowest BCUT2D eigenvalue weighted by Crippen LogP contribution is -2.55. The Morgan fingerprint density at radius 3 is 2.24 bits per heavy atom. The van der Waals surface area contributed by atoms with E-state index >= 15 is 0 Å². The van der Waals surface area contributed by atoms with Gasteiger partial charge in [0, 0.05) is 44.3 Å². The molecule has 1 aliphatic heterocycles. The van der Waals surface area contributed by atoms with Crippen molar-refractivity contribution in [3.8, 4) is 0 Å². The number of rotatable bonds is 9. The molecular formula is C17H37N3O. The number of piperazine rings is 1. The van der Waals surface area contributed by atoms with Gasteiger partial charge in [0.25, 0.3) is 0 Å². The molecule has 0 aromatic carbocycles. The summed E-state index contributed by atoms with van der Waals surface area (Å²) >= 11 is 0. The molecule has 4 heteroatoms. The maximum absolute atomic E-state index is 9.71. The van der Waals surface area contributed by atoms with Gasteiger partial charge in [-0.3, -0.25) is 4.90 Å². The highest BCUT2D eigenvalue weighted by Crippen LogP contribution is 2.18. The van der Waals surface area contributed by atoms with Gasteiger partial charge in [0.05, 0.1) is 6.61 Å². The zero-order valence-corrected chi connectivity index (χ0v) is 14.9. The van der Waals surface area contributed by atoms with Gasteiger partial charge in [-0.05, 0) is 39.2 Å². The lowest BCUT2D eigenvalue weighted by molar-refractivity contribution is 0.0675. The number of hydrogen-bond donors (Lipinski definition) is 2. The Balaban J connectivity index is 2.40. The van der Waals surface area contributed by atoms with E-state index in [2.05, 4.69) is 49.7 Å². The van der Waals surface area contributed by atoms with Gasteiger partial charge in [-0.2, -0.15) is 0 Å². The number of aliphatic hydroxyl groups excluding tert-OH is 1. The predicted octanol–water partition coefficient (Wildman–Crippen LogP) is 1.79. The molecule has 0 radical (unpaired) electrons. The van der Waals surface area contributed by atoms with Crippen molar-refractivity contribution in [3.05, 3.63) is 0 Å². The van der Waals surface area contributed by atoms with Crippen LogP contribution in [0.5, 0.6) is 0 Å². The van der Waals surface area contributed by atoms with Crippen molar-refractivity contribution in [2.75, 3.05) is 45.9 Å². The maximum atomic E-state index is 9.71. The van der Waals surface area contributed by atoms with E-state index in [1.165, 1.54) is 19.6 Å². The molecule has 0 bridgehead atoms. The third-order valence-corrected chi connectivity index (χ3v) is 4.55. The summed E-state index contributed by atoms with van der Waals surface area (Å²) in [7, 11) is 0. The van der Waals surface area contributed by atoms with Crippen molar-refractivity contribution < 1.29 is 5.11 Å². The lowest BCUT2D eigenvalue weighted by Gasteiger charge is -2.41. The second kappa shape index (κ2) is 9.09. The third kappa shape index (κ3) is 6.64. The summed E-state index contributed by atoms with van der Waals surface area (Å²) < 4.78 is 0. The summed E-state index contributed by atoms with van der Waals surface area (Å²) in [6, 6.07) is 0.521. The van der Waals surface area contributed by atoms with E-state index in [0.717, 1.165) is 38.4 Å². The van der Waals surface area contributed by atoms with Crippen molar-refractivity contribution in [3.63, 3.8) is 0 Å². The normalized spacial score (nSPS) is 22.4. The fraction of sp³-hybridized carbons (Fsp3) is 1.00. The van der Waals surface area contributed by atoms with E-state index in [1.807, 2.05) is 0 Å². The van der Waals surface area contributed by atoms with Crippen LogP contribution < -0.4 is 5.32 Å². The van der Waals surface area contributed by atoms with Gasteiger partial charge in [-0.25, -0.2) is 0 Å². The minimum atomic E-state index is -0.148. The second-order valence-corrected chi connectivity index (χ2v) is 7.43. The second-order valence-electron chi connectivity index (χ2n) is 7.43. The van der Waals surface area contributed by atoms with Gasteiger partial charge in [0.1, 0.15) is 0 Å². The first-order valence-corrected chi connectivity index (χ1v) is 8.72. The monoisotopic (exact) mass is 299 g/mol. The molecule has 1 fully saturated rings. The Kier molecular flexibility index (Phi) is 8.17. The Morgan fingerprint density at radius 1 is 1.14 bits per heavy atom. The van der Waals surface area contributed by atoms with Crippen LogP contribution in [-0.2, 0) is 0 Å². The van der Waals surface area contributed by atoms with Crippen LogP contribution in [0.15, 0.2) is 0 Å². The smallest absolute Gasteiger partial charge is 0.0611 e. The Morgan fingerprint density at radius 2 is 1.76 bits per heavy atom. The van der Waals surface area contributed by atoms with E-state index in [9.17, 15) is 5.11 Å². The van der Waals surface area contributed by atoms with E-state index in [0.29, 0.717) is 6.04 Å². The molecular weight excluding hydrogens is 262 g/mol. The number of nitrogens with zero attached hydrogens (tertiary/aromatic N) is 2. The molecule has 2 unspecified atom stereocenters. The van der Waals surface area contributed by atoms with Crippen LogP contribution in [0, 0.1) is 5.92 Å². The molecule has 0 aliphatic carbocycles. The average molecular weight is 300 g/mol. The van der Waals surface area contributed by atoms with Gasteiger partial charge < -0.3 is 15.3 Å². The van der Waals surface area contributed by atoms with Crippen LogP contribution in [0.4, 0.5) is 0 Å². The Bertz CT molecular complexity index is 277. The minimum Gasteiger partial charge on any atom is -0.394 e. The van der Waals surface area contributed by atoms with E-state index in [1.54, 1.807) is 0 Å². The number of hydrogen-bond acceptors (Lipinski definition) is 4. The molecule has 1 saturated heterocycles. The first-order chi connectivity index (χ1) is 9.90. The van der Waals surface area contributed by atoms with Crippen molar-refractivity contribution in [1.82, 2.24) is 15.1 Å². The van der Waals surface area contributed by atoms with Gasteiger partial charge in [0.2, 0.25) is 0 Å². The standard InChI is InChI=1S/C17H37N3O/c1-6-7-18-17(5,14-21)12-16(4)20-10-8-19(9-11-20)13-15(2)3/h15-16,18,21H,6-14H2,1-5H3. The molecule has 0 amide bonds. The van der Waals surface area contributed by atoms with Crippen molar-refractivity contribution in [2.45, 2.75) is 59.0 Å². The van der Waals surface area contributed by atoms with Crippen LogP contribution in [-0.4, -0.2) is 72.4 Å². The van der Waals surface area contributed by atoms with Crippen LogP contribution in [0.1, 0.15) is 47.5 Å². The maximum Gasteiger partial charge on any atom is 0.0611 e. The molecule has 1 aliphatic rings. The largest absolute Gasteiger partial charge is 0.394 e. The average Bonchev–Trinajstić information content (AvgIpc) is 2.45. The summed E-state index contributed by atoms with van der Waals surface area (Å²) in [5.41, 5.74) is -0.148. The first-order valence-electron chi connectivity index (χ1n) is 8.72. The molecule has 0 aromatic heterocycles. The molecule has 1 rings (SSSR count). The van der Waals surface area contributed by atoms with Crippen LogP contribution in [0.2, 0.25) is 0 Å². The first kappa shape index (κ1) is 18.9. The fourth-order valence-corrected chi connectivity index (χ4v) is 3.30. The van der Waals surface area contributed by atoms with Gasteiger partial charge >= 0.3 is 0 Å². The molecule has 0 spiro atoms. The van der Waals surface area contributed by atoms with E-state index < -0.39 is 0 Å². The number of aliphatic hydroxyl groups is 1. The van der Waals surface area contributed by atoms with Crippen molar-refractivity contribution in [2.24, 2.45) is 5.92 Å². The Hall–Kier alpha value is -0.160. The van der Waals surface area contributed by atoms with E-state index in [4.69, 9.17) is 0 Å². The molecule has 0 aromatic rings. The van der Waals surface area contributed by atoms with Gasteiger partial charge in [0.15, 0.2) is 0 Å². The summed E-state index contributed by atoms with van der Waals surface area (Å²) in [5, 5.41) is 13.2. The molecule has 2 N–H and O–H groups in total. The zero-order chi connectivity index (χ0) is 15.9. The summed E-state index contributed by atoms with van der Waals surface area (Å²) in [5.74, 6) is 0.755. The third-order valence-electron chi connectivity index (χ3n) is 4.55. The van der Waals surface area contributed by atoms with Crippen LogP contribution in [0.25, 0.3) is 0 Å². The SMILES string of the molecule is CCCNC(C)(CO)CC(C)N1CCN(CC(C)C)CC1.